The van der Waals surface area contributed by atoms with Gasteiger partial charge in [0.2, 0.25) is 5.91 Å². The number of aryl methyl sites for hydroxylation is 2. The van der Waals surface area contributed by atoms with Gasteiger partial charge in [-0.25, -0.2) is 4.39 Å². The summed E-state index contributed by atoms with van der Waals surface area (Å²) in [4.78, 5) is 40.1. The van der Waals surface area contributed by atoms with E-state index in [2.05, 4.69) is 5.32 Å². The number of thioether (sulfide) groups is 1. The number of methoxy groups -OCH3 is 1. The quantitative estimate of drug-likeness (QED) is 0.594. The van der Waals surface area contributed by atoms with E-state index in [1.54, 1.807) is 12.1 Å². The number of fused-ring (bicyclic) bond motifs is 1. The van der Waals surface area contributed by atoms with E-state index in [9.17, 15) is 24.0 Å². The first-order valence-corrected chi connectivity index (χ1v) is 11.9. The molecule has 2 atom stereocenters. The Kier molecular flexibility index (Phi) is 6.86. The van der Waals surface area contributed by atoms with E-state index in [1.165, 1.54) is 25.3 Å². The molecule has 0 unspecified atom stereocenters. The summed E-state index contributed by atoms with van der Waals surface area (Å²) in [5.41, 5.74) is 8.99. The summed E-state index contributed by atoms with van der Waals surface area (Å²) >= 11 is 0.996. The molecule has 8 nitrogen and oxygen atoms in total. The van der Waals surface area contributed by atoms with Gasteiger partial charge in [0.25, 0.3) is 5.91 Å². The number of rotatable bonds is 5. The van der Waals surface area contributed by atoms with Gasteiger partial charge in [0, 0.05) is 5.69 Å². The third-order valence-electron chi connectivity index (χ3n) is 6.03. The van der Waals surface area contributed by atoms with E-state index in [-0.39, 0.29) is 28.4 Å². The Morgan fingerprint density at radius 2 is 2.00 bits per heavy atom. The fourth-order valence-electron chi connectivity index (χ4n) is 4.31. The highest BCUT2D eigenvalue weighted by Gasteiger charge is 2.48. The molecule has 0 aromatic heterocycles. The van der Waals surface area contributed by atoms with E-state index < -0.39 is 34.8 Å². The number of nitriles is 1. The maximum Gasteiger partial charge on any atom is 0.307 e. The van der Waals surface area contributed by atoms with E-state index in [4.69, 9.17) is 10.5 Å². The molecular weight excluding hydrogens is 483 g/mol. The molecule has 2 heterocycles. The number of hydrogen-bond acceptors (Lipinski definition) is 7. The standard InChI is InChI=1S/C26H23FN4O4S/c1-13-7-8-18(14(2)9-13)30-24(33)22-21(15-5-4-6-16(27)10-15)17(12-28)23(29)31-25(34)19(36-26(22)31)11-20(32)35-3/h4-10,19,21H,11,29H2,1-3H3,(H,30,33)/t19-,21+/m0/s1. The number of ether oxygens (including phenoxy) is 1. The lowest BCUT2D eigenvalue weighted by Gasteiger charge is -2.32. The van der Waals surface area contributed by atoms with Crippen molar-refractivity contribution in [3.63, 3.8) is 0 Å². The Hall–Kier alpha value is -4.10. The molecule has 184 valence electrons. The molecule has 10 heteroatoms. The normalized spacial score (nSPS) is 19.2. The van der Waals surface area contributed by atoms with Crippen molar-refractivity contribution < 1.29 is 23.5 Å². The molecule has 4 rings (SSSR count). The van der Waals surface area contributed by atoms with Gasteiger partial charge in [-0.1, -0.05) is 41.6 Å². The highest BCUT2D eigenvalue weighted by Crippen LogP contribution is 2.50. The Morgan fingerprint density at radius 1 is 1.25 bits per heavy atom. The second-order valence-electron chi connectivity index (χ2n) is 8.45. The fraction of sp³-hybridized carbons (Fsp3) is 0.231. The minimum absolute atomic E-state index is 0.0667. The molecule has 1 saturated heterocycles. The van der Waals surface area contributed by atoms with Crippen LogP contribution in [-0.4, -0.2) is 35.0 Å². The molecule has 0 aliphatic carbocycles. The van der Waals surface area contributed by atoms with Crippen LogP contribution in [0.5, 0.6) is 0 Å². The Balaban J connectivity index is 1.89. The van der Waals surface area contributed by atoms with Crippen molar-refractivity contribution >= 4 is 35.2 Å². The van der Waals surface area contributed by atoms with Crippen molar-refractivity contribution in [2.24, 2.45) is 5.73 Å². The number of hydrogen-bond donors (Lipinski definition) is 2. The number of nitrogens with zero attached hydrogens (tertiary/aromatic N) is 2. The maximum atomic E-state index is 14.2. The lowest BCUT2D eigenvalue weighted by Crippen LogP contribution is -2.39. The highest BCUT2D eigenvalue weighted by molar-refractivity contribution is 8.04. The van der Waals surface area contributed by atoms with Gasteiger partial charge >= 0.3 is 5.97 Å². The average molecular weight is 507 g/mol. The van der Waals surface area contributed by atoms with Gasteiger partial charge < -0.3 is 15.8 Å². The van der Waals surface area contributed by atoms with Gasteiger partial charge in [-0.2, -0.15) is 5.26 Å². The number of nitrogens with one attached hydrogen (secondary N) is 1. The molecule has 2 amide bonds. The molecule has 0 bridgehead atoms. The van der Waals surface area contributed by atoms with E-state index in [0.717, 1.165) is 27.8 Å². The van der Waals surface area contributed by atoms with Crippen LogP contribution in [0.2, 0.25) is 0 Å². The Labute approximate surface area is 211 Å². The van der Waals surface area contributed by atoms with Crippen molar-refractivity contribution in [2.75, 3.05) is 12.4 Å². The average Bonchev–Trinajstić information content (AvgIpc) is 3.16. The molecule has 1 fully saturated rings. The van der Waals surface area contributed by atoms with Crippen LogP contribution in [0.4, 0.5) is 10.1 Å². The number of halogens is 1. The highest BCUT2D eigenvalue weighted by atomic mass is 32.2. The molecule has 2 aliphatic heterocycles. The SMILES string of the molecule is COC(=O)C[C@@H]1SC2=C(C(=O)Nc3ccc(C)cc3C)[C@H](c3cccc(F)c3)C(C#N)=C(N)N2C1=O. The fourth-order valence-corrected chi connectivity index (χ4v) is 5.63. The number of amides is 2. The van der Waals surface area contributed by atoms with Crippen molar-refractivity contribution in [1.82, 2.24) is 4.90 Å². The summed E-state index contributed by atoms with van der Waals surface area (Å²) in [5.74, 6) is -3.46. The molecule has 2 aromatic carbocycles. The predicted molar refractivity (Wildman–Crippen MR) is 132 cm³/mol. The first kappa shape index (κ1) is 25.0. The van der Waals surface area contributed by atoms with Gasteiger partial charge in [-0.15, -0.1) is 0 Å². The number of nitrogens with two attached hydrogens (primary N) is 1. The van der Waals surface area contributed by atoms with Crippen LogP contribution in [0.25, 0.3) is 0 Å². The summed E-state index contributed by atoms with van der Waals surface area (Å²) in [7, 11) is 1.21. The summed E-state index contributed by atoms with van der Waals surface area (Å²) in [6.07, 6.45) is -0.244. The van der Waals surface area contributed by atoms with Gasteiger partial charge in [0.1, 0.15) is 16.9 Å². The molecule has 2 aliphatic rings. The third kappa shape index (κ3) is 4.45. The topological polar surface area (TPSA) is 126 Å². The van der Waals surface area contributed by atoms with Crippen LogP contribution >= 0.6 is 11.8 Å². The zero-order chi connectivity index (χ0) is 26.1. The zero-order valence-corrected chi connectivity index (χ0v) is 20.6. The lowest BCUT2D eigenvalue weighted by atomic mass is 9.82. The molecule has 36 heavy (non-hydrogen) atoms. The minimum Gasteiger partial charge on any atom is -0.469 e. The Bertz CT molecular complexity index is 1390. The van der Waals surface area contributed by atoms with E-state index >= 15 is 0 Å². The number of esters is 1. The van der Waals surface area contributed by atoms with E-state index in [0.29, 0.717) is 11.3 Å². The van der Waals surface area contributed by atoms with Crippen LogP contribution in [0.3, 0.4) is 0 Å². The van der Waals surface area contributed by atoms with Crippen molar-refractivity contribution in [3.8, 4) is 6.07 Å². The summed E-state index contributed by atoms with van der Waals surface area (Å²) < 4.78 is 18.9. The summed E-state index contributed by atoms with van der Waals surface area (Å²) in [6, 6.07) is 13.1. The molecule has 2 aromatic rings. The molecule has 3 N–H and O–H groups in total. The second kappa shape index (κ2) is 9.87. The second-order valence-corrected chi connectivity index (χ2v) is 9.64. The predicted octanol–water partition coefficient (Wildman–Crippen LogP) is 3.59. The molecular formula is C26H23FN4O4S. The molecule has 0 spiro atoms. The van der Waals surface area contributed by atoms with Gasteiger partial charge in [0.05, 0.1) is 41.7 Å². The van der Waals surface area contributed by atoms with Crippen molar-refractivity contribution in [1.29, 1.82) is 5.26 Å². The van der Waals surface area contributed by atoms with Gasteiger partial charge in [0.15, 0.2) is 0 Å². The molecule has 0 saturated carbocycles. The zero-order valence-electron chi connectivity index (χ0n) is 19.8. The van der Waals surface area contributed by atoms with Crippen LogP contribution < -0.4 is 11.1 Å². The van der Waals surface area contributed by atoms with Crippen LogP contribution in [0.15, 0.2) is 64.5 Å². The van der Waals surface area contributed by atoms with Gasteiger partial charge in [-0.3, -0.25) is 19.3 Å². The van der Waals surface area contributed by atoms with Crippen LogP contribution in [-0.2, 0) is 19.1 Å². The van der Waals surface area contributed by atoms with Crippen molar-refractivity contribution in [2.45, 2.75) is 31.4 Å². The number of anilines is 1. The van der Waals surface area contributed by atoms with Crippen LogP contribution in [0.1, 0.15) is 29.0 Å². The summed E-state index contributed by atoms with van der Waals surface area (Å²) in [5, 5.41) is 12.2. The maximum absolute atomic E-state index is 14.2. The Morgan fingerprint density at radius 3 is 2.64 bits per heavy atom. The minimum atomic E-state index is -1.03. The lowest BCUT2D eigenvalue weighted by molar-refractivity contribution is -0.142. The number of carbonyl (C=O) groups is 3. The first-order valence-electron chi connectivity index (χ1n) is 11.0. The summed E-state index contributed by atoms with van der Waals surface area (Å²) in [6.45, 7) is 3.77. The van der Waals surface area contributed by atoms with Crippen LogP contribution in [0, 0.1) is 31.0 Å². The smallest absolute Gasteiger partial charge is 0.307 e. The third-order valence-corrected chi connectivity index (χ3v) is 7.31. The van der Waals surface area contributed by atoms with Gasteiger partial charge in [-0.05, 0) is 43.2 Å². The van der Waals surface area contributed by atoms with E-state index in [1.807, 2.05) is 32.0 Å². The number of carbonyl (C=O) groups excluding carboxylic acids is 3. The molecule has 0 radical (unpaired) electrons. The van der Waals surface area contributed by atoms with Crippen molar-refractivity contribution in [3.05, 3.63) is 87.0 Å². The first-order chi connectivity index (χ1) is 17.2. The monoisotopic (exact) mass is 506 g/mol. The number of benzene rings is 2. The largest absolute Gasteiger partial charge is 0.469 e. The number of allylic oxidation sites excluding steroid dienone is 1.